The monoisotopic (exact) mass is 418 g/mol. The van der Waals surface area contributed by atoms with E-state index in [1.807, 2.05) is 24.3 Å². The number of hydrogen-bond donors (Lipinski definition) is 1. The molecule has 1 aliphatic rings. The predicted molar refractivity (Wildman–Crippen MR) is 107 cm³/mol. The first-order chi connectivity index (χ1) is 12.2. The van der Waals surface area contributed by atoms with Crippen molar-refractivity contribution in [2.24, 2.45) is 0 Å². The van der Waals surface area contributed by atoms with Gasteiger partial charge in [-0.15, -0.1) is 0 Å². The summed E-state index contributed by atoms with van der Waals surface area (Å²) in [5.41, 5.74) is 4.22. The normalized spacial score (nSPS) is 13.8. The van der Waals surface area contributed by atoms with Crippen LogP contribution in [0.5, 0.6) is 5.75 Å². The zero-order valence-electron chi connectivity index (χ0n) is 13.9. The number of benzene rings is 2. The minimum Gasteiger partial charge on any atom is -0.494 e. The quantitative estimate of drug-likeness (QED) is 0.577. The molecule has 3 nitrogen and oxygen atoms in total. The van der Waals surface area contributed by atoms with E-state index in [1.165, 1.54) is 22.2 Å². The number of halogens is 2. The molecule has 0 unspecified atom stereocenters. The summed E-state index contributed by atoms with van der Waals surface area (Å²) in [5.74, 6) is 0.867. The van der Waals surface area contributed by atoms with Gasteiger partial charge in [0.2, 0.25) is 0 Å². The summed E-state index contributed by atoms with van der Waals surface area (Å²) in [6, 6.07) is 14.0. The van der Waals surface area contributed by atoms with Crippen LogP contribution in [0.2, 0.25) is 5.02 Å². The summed E-state index contributed by atoms with van der Waals surface area (Å²) in [4.78, 5) is 0. The maximum Gasteiger partial charge on any atom is 0.119 e. The highest BCUT2D eigenvalue weighted by Crippen LogP contribution is 2.33. The van der Waals surface area contributed by atoms with Crippen LogP contribution < -0.4 is 10.1 Å². The number of aromatic nitrogens is 1. The van der Waals surface area contributed by atoms with E-state index in [-0.39, 0.29) is 0 Å². The molecule has 0 fully saturated rings. The lowest BCUT2D eigenvalue weighted by atomic mass is 10.1. The Morgan fingerprint density at radius 2 is 2.00 bits per heavy atom. The number of rotatable bonds is 5. The third kappa shape index (κ3) is 3.43. The Morgan fingerprint density at radius 1 is 1.16 bits per heavy atom. The molecular weight excluding hydrogens is 400 g/mol. The third-order valence-corrected chi connectivity index (χ3v) is 5.60. The largest absolute Gasteiger partial charge is 0.494 e. The number of fused-ring (bicyclic) bond motifs is 3. The number of hydrogen-bond acceptors (Lipinski definition) is 2. The molecule has 0 amide bonds. The maximum atomic E-state index is 5.91. The average molecular weight is 420 g/mol. The van der Waals surface area contributed by atoms with Gasteiger partial charge in [0.15, 0.2) is 0 Å². The van der Waals surface area contributed by atoms with Crippen molar-refractivity contribution in [3.63, 3.8) is 0 Å². The molecule has 2 aromatic carbocycles. The Morgan fingerprint density at radius 3 is 2.84 bits per heavy atom. The number of para-hydroxylation sites is 1. The van der Waals surface area contributed by atoms with Gasteiger partial charge in [-0.2, -0.15) is 0 Å². The lowest BCUT2D eigenvalue weighted by molar-refractivity contribution is 0.301. The third-order valence-electron chi connectivity index (χ3n) is 4.71. The zero-order valence-corrected chi connectivity index (χ0v) is 16.2. The van der Waals surface area contributed by atoms with Gasteiger partial charge in [0.1, 0.15) is 5.75 Å². The van der Waals surface area contributed by atoms with Crippen LogP contribution in [0.15, 0.2) is 46.9 Å². The lowest BCUT2D eigenvalue weighted by Crippen LogP contribution is -2.25. The minimum atomic E-state index is 0.688. The average Bonchev–Trinajstić information content (AvgIpc) is 2.96. The fourth-order valence-corrected chi connectivity index (χ4v) is 4.28. The standard InChI is InChI=1S/C20H20BrClN2O/c21-18-4-1-3-17-16-9-10-23-13-19(16)24(20(17)18)11-2-12-25-15-7-5-14(22)6-8-15/h1,3-8,23H,2,9-13H2. The molecule has 1 N–H and O–H groups in total. The summed E-state index contributed by atoms with van der Waals surface area (Å²) in [6.07, 6.45) is 2.05. The van der Waals surface area contributed by atoms with Crippen LogP contribution in [0.4, 0.5) is 0 Å². The first-order valence-electron chi connectivity index (χ1n) is 8.61. The van der Waals surface area contributed by atoms with Crippen LogP contribution in [0.25, 0.3) is 10.9 Å². The molecule has 0 aliphatic carbocycles. The molecule has 1 aliphatic heterocycles. The Balaban J connectivity index is 1.52. The molecule has 1 aromatic heterocycles. The molecule has 0 radical (unpaired) electrons. The second-order valence-electron chi connectivity index (χ2n) is 6.30. The molecule has 25 heavy (non-hydrogen) atoms. The van der Waals surface area contributed by atoms with Gasteiger partial charge in [-0.1, -0.05) is 23.7 Å². The van der Waals surface area contributed by atoms with Gasteiger partial charge in [0, 0.05) is 33.7 Å². The summed E-state index contributed by atoms with van der Waals surface area (Å²) in [5, 5.41) is 5.61. The van der Waals surface area contributed by atoms with Gasteiger partial charge < -0.3 is 14.6 Å². The van der Waals surface area contributed by atoms with E-state index in [9.17, 15) is 0 Å². The van der Waals surface area contributed by atoms with Crippen molar-refractivity contribution in [3.05, 3.63) is 63.2 Å². The molecule has 3 aromatic rings. The molecule has 0 saturated carbocycles. The Labute approximate surface area is 161 Å². The van der Waals surface area contributed by atoms with Crippen LogP contribution in [0, 0.1) is 0 Å². The molecule has 0 spiro atoms. The molecular formula is C20H20BrClN2O. The van der Waals surface area contributed by atoms with Crippen LogP contribution in [0.3, 0.4) is 0 Å². The van der Waals surface area contributed by atoms with Gasteiger partial charge in [0.25, 0.3) is 0 Å². The fraction of sp³-hybridized carbons (Fsp3) is 0.300. The number of nitrogens with zero attached hydrogens (tertiary/aromatic N) is 1. The summed E-state index contributed by atoms with van der Waals surface area (Å²) in [6.45, 7) is 3.63. The Hall–Kier alpha value is -1.49. The maximum absolute atomic E-state index is 5.91. The second-order valence-corrected chi connectivity index (χ2v) is 7.59. The SMILES string of the molecule is Clc1ccc(OCCCn2c3c(c4cccc(Br)c42)CCNC3)cc1. The predicted octanol–water partition coefficient (Wildman–Crippen LogP) is 5.17. The first-order valence-corrected chi connectivity index (χ1v) is 9.78. The number of nitrogens with one attached hydrogen (secondary N) is 1. The summed E-state index contributed by atoms with van der Waals surface area (Å²) in [7, 11) is 0. The van der Waals surface area contributed by atoms with Gasteiger partial charge in [-0.3, -0.25) is 0 Å². The van der Waals surface area contributed by atoms with E-state index < -0.39 is 0 Å². The van der Waals surface area contributed by atoms with E-state index in [4.69, 9.17) is 16.3 Å². The lowest BCUT2D eigenvalue weighted by Gasteiger charge is -2.17. The molecule has 5 heteroatoms. The molecule has 4 rings (SSSR count). The van der Waals surface area contributed by atoms with E-state index in [0.717, 1.165) is 47.7 Å². The van der Waals surface area contributed by atoms with Crippen LogP contribution in [-0.4, -0.2) is 17.7 Å². The van der Waals surface area contributed by atoms with Gasteiger partial charge >= 0.3 is 0 Å². The second kappa shape index (κ2) is 7.40. The van der Waals surface area contributed by atoms with Crippen molar-refractivity contribution >= 4 is 38.4 Å². The van der Waals surface area contributed by atoms with Crippen molar-refractivity contribution in [1.82, 2.24) is 9.88 Å². The van der Waals surface area contributed by atoms with Crippen molar-refractivity contribution in [2.75, 3.05) is 13.2 Å². The topological polar surface area (TPSA) is 26.2 Å². The summed E-state index contributed by atoms with van der Waals surface area (Å²) >= 11 is 9.65. The zero-order chi connectivity index (χ0) is 17.2. The van der Waals surface area contributed by atoms with Crippen LogP contribution in [-0.2, 0) is 19.5 Å². The molecule has 2 heterocycles. The van der Waals surface area contributed by atoms with E-state index in [0.29, 0.717) is 6.61 Å². The highest BCUT2D eigenvalue weighted by Gasteiger charge is 2.20. The Bertz CT molecular complexity index is 889. The van der Waals surface area contributed by atoms with Gasteiger partial charge in [-0.05, 0) is 71.2 Å². The highest BCUT2D eigenvalue weighted by molar-refractivity contribution is 9.10. The molecule has 130 valence electrons. The van der Waals surface area contributed by atoms with Crippen molar-refractivity contribution in [2.45, 2.75) is 25.9 Å². The molecule has 0 saturated heterocycles. The Kier molecular flexibility index (Phi) is 5.02. The van der Waals surface area contributed by atoms with Gasteiger partial charge in [0.05, 0.1) is 12.1 Å². The molecule has 0 bridgehead atoms. The van der Waals surface area contributed by atoms with Crippen molar-refractivity contribution < 1.29 is 4.74 Å². The smallest absolute Gasteiger partial charge is 0.119 e. The van der Waals surface area contributed by atoms with E-state index >= 15 is 0 Å². The van der Waals surface area contributed by atoms with E-state index in [2.05, 4.69) is 44.0 Å². The highest BCUT2D eigenvalue weighted by atomic mass is 79.9. The molecule has 0 atom stereocenters. The van der Waals surface area contributed by atoms with Crippen molar-refractivity contribution in [1.29, 1.82) is 0 Å². The number of aryl methyl sites for hydroxylation is 1. The van der Waals surface area contributed by atoms with Gasteiger partial charge in [-0.25, -0.2) is 0 Å². The van der Waals surface area contributed by atoms with Crippen LogP contribution >= 0.6 is 27.5 Å². The van der Waals surface area contributed by atoms with Crippen LogP contribution in [0.1, 0.15) is 17.7 Å². The fourth-order valence-electron chi connectivity index (χ4n) is 3.58. The minimum absolute atomic E-state index is 0.688. The summed E-state index contributed by atoms with van der Waals surface area (Å²) < 4.78 is 9.46. The van der Waals surface area contributed by atoms with Crippen molar-refractivity contribution in [3.8, 4) is 5.75 Å². The van der Waals surface area contributed by atoms with E-state index in [1.54, 1.807) is 0 Å². The first kappa shape index (κ1) is 17.0. The number of ether oxygens (including phenoxy) is 1.